The second-order valence-corrected chi connectivity index (χ2v) is 5.71. The third kappa shape index (κ3) is 3.64. The van der Waals surface area contributed by atoms with Gasteiger partial charge in [0.1, 0.15) is 0 Å². The molecule has 4 aromatic rings. The molecule has 10 heteroatoms. The van der Waals surface area contributed by atoms with Crippen LogP contribution in [0.15, 0.2) is 52.9 Å². The molecule has 8 nitrogen and oxygen atoms in total. The maximum atomic E-state index is 12.5. The van der Waals surface area contributed by atoms with Crippen LogP contribution in [0.2, 0.25) is 0 Å². The number of nitrogens with zero attached hydrogens (tertiary/aromatic N) is 6. The number of hydrogen-bond acceptors (Lipinski definition) is 7. The fourth-order valence-corrected chi connectivity index (χ4v) is 2.46. The zero-order valence-electron chi connectivity index (χ0n) is 13.8. The topological polar surface area (TPSA) is 109 Å². The summed E-state index contributed by atoms with van der Waals surface area (Å²) in [5.74, 6) is -0.182. The van der Waals surface area contributed by atoms with E-state index in [1.165, 1.54) is 4.80 Å². The van der Waals surface area contributed by atoms with Gasteiger partial charge in [-0.2, -0.15) is 13.6 Å². The number of benzene rings is 2. The van der Waals surface area contributed by atoms with Gasteiger partial charge in [0.05, 0.1) is 6.54 Å². The highest BCUT2D eigenvalue weighted by Crippen LogP contribution is 2.23. The van der Waals surface area contributed by atoms with Gasteiger partial charge in [-0.25, -0.2) is 0 Å². The molecule has 0 atom stereocenters. The number of rotatable bonds is 5. The van der Waals surface area contributed by atoms with Crippen LogP contribution >= 0.6 is 0 Å². The number of halogens is 2. The molecule has 0 unspecified atom stereocenters. The molecule has 0 aliphatic rings. The van der Waals surface area contributed by atoms with Gasteiger partial charge in [0.25, 0.3) is 5.89 Å². The molecule has 0 amide bonds. The summed E-state index contributed by atoms with van der Waals surface area (Å²) in [6.45, 7) is 0.391. The summed E-state index contributed by atoms with van der Waals surface area (Å²) >= 11 is 0. The van der Waals surface area contributed by atoms with Crippen LogP contribution < -0.4 is 5.73 Å². The van der Waals surface area contributed by atoms with Gasteiger partial charge < -0.3 is 10.2 Å². The van der Waals surface area contributed by atoms with Crippen molar-refractivity contribution in [2.45, 2.75) is 13.0 Å². The summed E-state index contributed by atoms with van der Waals surface area (Å²) in [7, 11) is 0. The maximum absolute atomic E-state index is 12.5. The van der Waals surface area contributed by atoms with Crippen molar-refractivity contribution in [3.8, 4) is 22.8 Å². The van der Waals surface area contributed by atoms with E-state index in [0.29, 0.717) is 23.6 Å². The molecule has 0 spiro atoms. The van der Waals surface area contributed by atoms with Crippen LogP contribution in [0.3, 0.4) is 0 Å². The maximum Gasteiger partial charge on any atom is 0.314 e. The van der Waals surface area contributed by atoms with Crippen LogP contribution in [0.25, 0.3) is 22.8 Å². The Hall–Kier alpha value is -3.69. The number of nitrogens with two attached hydrogens (primary N) is 1. The molecular weight excluding hydrogens is 356 g/mol. The Kier molecular flexibility index (Phi) is 4.29. The molecule has 2 aromatic carbocycles. The molecule has 0 aliphatic heterocycles. The zero-order valence-corrected chi connectivity index (χ0v) is 13.8. The van der Waals surface area contributed by atoms with Crippen molar-refractivity contribution in [1.29, 1.82) is 0 Å². The fourth-order valence-electron chi connectivity index (χ4n) is 2.46. The lowest BCUT2D eigenvalue weighted by molar-refractivity contribution is 0.116. The van der Waals surface area contributed by atoms with Gasteiger partial charge in [-0.05, 0) is 35.0 Å². The summed E-state index contributed by atoms with van der Waals surface area (Å²) in [6, 6.07) is 14.2. The van der Waals surface area contributed by atoms with E-state index < -0.39 is 12.3 Å². The minimum atomic E-state index is -2.79. The molecule has 0 saturated carbocycles. The highest BCUT2D eigenvalue weighted by Gasteiger charge is 2.17. The quantitative estimate of drug-likeness (QED) is 0.539. The predicted octanol–water partition coefficient (Wildman–Crippen LogP) is 2.96. The Labute approximate surface area is 151 Å². The molecule has 4 rings (SSSR count). The van der Waals surface area contributed by atoms with Gasteiger partial charge in [0, 0.05) is 16.8 Å². The molecule has 0 radical (unpaired) electrons. The van der Waals surface area contributed by atoms with E-state index in [1.807, 2.05) is 12.1 Å². The van der Waals surface area contributed by atoms with E-state index in [9.17, 15) is 8.78 Å². The van der Waals surface area contributed by atoms with Crippen LogP contribution in [0.1, 0.15) is 17.9 Å². The van der Waals surface area contributed by atoms with Crippen molar-refractivity contribution in [3.63, 3.8) is 0 Å². The van der Waals surface area contributed by atoms with Gasteiger partial charge in [-0.1, -0.05) is 24.3 Å². The average Bonchev–Trinajstić information content (AvgIpc) is 3.32. The summed E-state index contributed by atoms with van der Waals surface area (Å²) in [5.41, 5.74) is 8.60. The van der Waals surface area contributed by atoms with Gasteiger partial charge >= 0.3 is 6.43 Å². The van der Waals surface area contributed by atoms with E-state index in [-0.39, 0.29) is 5.89 Å². The first kappa shape index (κ1) is 16.8. The van der Waals surface area contributed by atoms with Crippen molar-refractivity contribution in [2.75, 3.05) is 5.73 Å². The summed E-state index contributed by atoms with van der Waals surface area (Å²) < 4.78 is 30.0. The minimum absolute atomic E-state index is 0.0414. The first-order valence-electron chi connectivity index (χ1n) is 7.93. The molecule has 2 aromatic heterocycles. The first-order valence-corrected chi connectivity index (χ1v) is 7.93. The van der Waals surface area contributed by atoms with Crippen molar-refractivity contribution >= 4 is 5.69 Å². The number of nitrogen functional groups attached to an aromatic ring is 1. The van der Waals surface area contributed by atoms with Crippen molar-refractivity contribution < 1.29 is 13.2 Å². The van der Waals surface area contributed by atoms with Gasteiger partial charge in [0.15, 0.2) is 0 Å². The lowest BCUT2D eigenvalue weighted by Gasteiger charge is -2.01. The molecule has 0 bridgehead atoms. The Morgan fingerprint density at radius 3 is 2.52 bits per heavy atom. The van der Waals surface area contributed by atoms with E-state index in [2.05, 4.69) is 25.6 Å². The van der Waals surface area contributed by atoms with Crippen molar-refractivity contribution in [1.82, 2.24) is 30.4 Å². The molecular formula is C17H13F2N7O. The molecule has 136 valence electrons. The summed E-state index contributed by atoms with van der Waals surface area (Å²) in [4.78, 5) is 1.45. The van der Waals surface area contributed by atoms with Gasteiger partial charge in [0.2, 0.25) is 11.7 Å². The van der Waals surface area contributed by atoms with Crippen LogP contribution in [0.4, 0.5) is 14.5 Å². The Morgan fingerprint density at radius 2 is 1.81 bits per heavy atom. The second kappa shape index (κ2) is 6.90. The Bertz CT molecular complexity index is 1060. The van der Waals surface area contributed by atoms with E-state index >= 15 is 0 Å². The zero-order chi connectivity index (χ0) is 18.8. The van der Waals surface area contributed by atoms with Crippen LogP contribution in [-0.4, -0.2) is 30.4 Å². The SMILES string of the molecule is Nc1cccc(-c2nnn(Cc3ccc(-c4nnc(C(F)F)o4)cc3)n2)c1. The highest BCUT2D eigenvalue weighted by molar-refractivity contribution is 5.60. The summed E-state index contributed by atoms with van der Waals surface area (Å²) in [6.07, 6.45) is -2.79. The monoisotopic (exact) mass is 369 g/mol. The predicted molar refractivity (Wildman–Crippen MR) is 91.5 cm³/mol. The molecule has 0 aliphatic carbocycles. The molecule has 2 heterocycles. The highest BCUT2D eigenvalue weighted by atomic mass is 19.3. The molecule has 27 heavy (non-hydrogen) atoms. The summed E-state index contributed by atoms with van der Waals surface area (Å²) in [5, 5.41) is 19.3. The van der Waals surface area contributed by atoms with E-state index in [0.717, 1.165) is 11.1 Å². The first-order chi connectivity index (χ1) is 13.1. The largest absolute Gasteiger partial charge is 0.415 e. The third-order valence-corrected chi connectivity index (χ3v) is 3.75. The smallest absolute Gasteiger partial charge is 0.314 e. The minimum Gasteiger partial charge on any atom is -0.415 e. The van der Waals surface area contributed by atoms with Crippen LogP contribution in [0.5, 0.6) is 0 Å². The number of anilines is 1. The number of hydrogen-bond donors (Lipinski definition) is 1. The normalized spacial score (nSPS) is 11.2. The van der Waals surface area contributed by atoms with Crippen LogP contribution in [-0.2, 0) is 6.54 Å². The molecule has 2 N–H and O–H groups in total. The number of alkyl halides is 2. The lowest BCUT2D eigenvalue weighted by atomic mass is 10.1. The lowest BCUT2D eigenvalue weighted by Crippen LogP contribution is -2.04. The standard InChI is InChI=1S/C17H13F2N7O/c18-14(19)17-23-22-16(27-17)11-6-4-10(5-7-11)9-26-24-15(21-25-26)12-2-1-3-13(20)8-12/h1-8,14H,9,20H2. The van der Waals surface area contributed by atoms with Crippen molar-refractivity contribution in [3.05, 3.63) is 60.0 Å². The third-order valence-electron chi connectivity index (χ3n) is 3.75. The van der Waals surface area contributed by atoms with Gasteiger partial charge in [-0.15, -0.1) is 20.4 Å². The van der Waals surface area contributed by atoms with Gasteiger partial charge in [-0.3, -0.25) is 0 Å². The average molecular weight is 369 g/mol. The van der Waals surface area contributed by atoms with Crippen LogP contribution in [0, 0.1) is 0 Å². The number of tetrazole rings is 1. The Balaban J connectivity index is 1.49. The molecule has 0 fully saturated rings. The van der Waals surface area contributed by atoms with E-state index in [1.54, 1.807) is 36.4 Å². The Morgan fingerprint density at radius 1 is 1.00 bits per heavy atom. The van der Waals surface area contributed by atoms with E-state index in [4.69, 9.17) is 10.2 Å². The molecule has 0 saturated heterocycles. The second-order valence-electron chi connectivity index (χ2n) is 5.71. The van der Waals surface area contributed by atoms with Crippen molar-refractivity contribution in [2.24, 2.45) is 0 Å². The fraction of sp³-hybridized carbons (Fsp3) is 0.118. The number of aromatic nitrogens is 6.